The van der Waals surface area contributed by atoms with Crippen LogP contribution in [0.15, 0.2) is 27.6 Å². The summed E-state index contributed by atoms with van der Waals surface area (Å²) in [6.07, 6.45) is 0.513. The summed E-state index contributed by atoms with van der Waals surface area (Å²) in [6, 6.07) is 4.99. The molecule has 0 saturated carbocycles. The fourth-order valence-corrected chi connectivity index (χ4v) is 5.17. The van der Waals surface area contributed by atoms with Crippen molar-refractivity contribution in [3.63, 3.8) is 0 Å². The molecule has 1 fully saturated rings. The molecule has 0 amide bonds. The number of sulfonamides is 1. The number of piperidine rings is 1. The molecule has 7 heteroatoms. The number of rotatable bonds is 3. The first-order chi connectivity index (χ1) is 9.70. The van der Waals surface area contributed by atoms with Gasteiger partial charge in [-0.2, -0.15) is 4.31 Å². The minimum atomic E-state index is -3.67. The quantitative estimate of drug-likeness (QED) is 0.880. The van der Waals surface area contributed by atoms with Gasteiger partial charge in [-0.15, -0.1) is 0 Å². The molecule has 0 bridgehead atoms. The number of benzene rings is 1. The number of hydrogen-bond donors (Lipinski definition) is 1. The van der Waals surface area contributed by atoms with Crippen LogP contribution in [0.5, 0.6) is 0 Å². The van der Waals surface area contributed by atoms with Crippen molar-refractivity contribution in [3.05, 3.63) is 28.2 Å². The first-order valence-electron chi connectivity index (χ1n) is 6.70. The summed E-state index contributed by atoms with van der Waals surface area (Å²) in [5, 5.41) is 9.17. The Kier molecular flexibility index (Phi) is 4.75. The van der Waals surface area contributed by atoms with Gasteiger partial charge in [0.2, 0.25) is 10.0 Å². The van der Waals surface area contributed by atoms with Crippen LogP contribution in [-0.2, 0) is 14.8 Å². The maximum absolute atomic E-state index is 12.7. The van der Waals surface area contributed by atoms with Gasteiger partial charge in [0.1, 0.15) is 0 Å². The van der Waals surface area contributed by atoms with Crippen molar-refractivity contribution >= 4 is 31.9 Å². The number of carboxylic acid groups (broad SMARTS) is 1. The molecule has 2 rings (SSSR count). The van der Waals surface area contributed by atoms with Crippen LogP contribution in [-0.4, -0.2) is 36.9 Å². The van der Waals surface area contributed by atoms with E-state index < -0.39 is 21.9 Å². The van der Waals surface area contributed by atoms with Crippen LogP contribution >= 0.6 is 15.9 Å². The summed E-state index contributed by atoms with van der Waals surface area (Å²) < 4.78 is 27.4. The maximum atomic E-state index is 12.7. The number of carbonyl (C=O) groups is 1. The Balaban J connectivity index is 2.36. The van der Waals surface area contributed by atoms with Gasteiger partial charge in [0.25, 0.3) is 0 Å². The van der Waals surface area contributed by atoms with Crippen molar-refractivity contribution in [1.82, 2.24) is 4.31 Å². The highest BCUT2D eigenvalue weighted by Crippen LogP contribution is 2.28. The minimum Gasteiger partial charge on any atom is -0.481 e. The number of carboxylic acids is 1. The van der Waals surface area contributed by atoms with E-state index in [2.05, 4.69) is 15.9 Å². The van der Waals surface area contributed by atoms with Crippen LogP contribution in [0.1, 0.15) is 18.9 Å². The number of hydrogen-bond acceptors (Lipinski definition) is 3. The average molecular weight is 376 g/mol. The van der Waals surface area contributed by atoms with Crippen LogP contribution in [0.4, 0.5) is 0 Å². The van der Waals surface area contributed by atoms with E-state index in [4.69, 9.17) is 5.11 Å². The van der Waals surface area contributed by atoms with Gasteiger partial charge in [-0.25, -0.2) is 8.42 Å². The van der Waals surface area contributed by atoms with Crippen molar-refractivity contribution in [1.29, 1.82) is 0 Å². The molecule has 0 spiro atoms. The van der Waals surface area contributed by atoms with Crippen LogP contribution < -0.4 is 0 Å². The predicted octanol–water partition coefficient (Wildman–Crippen LogP) is 2.49. The number of aliphatic carboxylic acids is 1. The largest absolute Gasteiger partial charge is 0.481 e. The standard InChI is InChI=1S/C14H18BrNO4S/c1-9-4-12(15)6-13(5-9)21(19,20)16-7-10(2)3-11(8-16)14(17)18/h4-6,10-11H,3,7-8H2,1-2H3,(H,17,18). The smallest absolute Gasteiger partial charge is 0.307 e. The second kappa shape index (κ2) is 6.06. The first-order valence-corrected chi connectivity index (χ1v) is 8.93. The van der Waals surface area contributed by atoms with E-state index in [0.29, 0.717) is 17.4 Å². The van der Waals surface area contributed by atoms with Crippen molar-refractivity contribution in [2.45, 2.75) is 25.2 Å². The highest BCUT2D eigenvalue weighted by Gasteiger charge is 2.36. The molecule has 2 atom stereocenters. The zero-order valence-electron chi connectivity index (χ0n) is 11.9. The lowest BCUT2D eigenvalue weighted by Crippen LogP contribution is -2.45. The summed E-state index contributed by atoms with van der Waals surface area (Å²) in [6.45, 7) is 4.09. The Morgan fingerprint density at radius 3 is 2.57 bits per heavy atom. The van der Waals surface area contributed by atoms with Gasteiger partial charge < -0.3 is 5.11 Å². The zero-order chi connectivity index (χ0) is 15.8. The lowest BCUT2D eigenvalue weighted by molar-refractivity contribution is -0.143. The van der Waals surface area contributed by atoms with Crippen molar-refractivity contribution < 1.29 is 18.3 Å². The van der Waals surface area contributed by atoms with Gasteiger partial charge in [-0.05, 0) is 43.0 Å². The normalized spacial score (nSPS) is 24.0. The molecule has 21 heavy (non-hydrogen) atoms. The number of aryl methyl sites for hydroxylation is 1. The van der Waals surface area contributed by atoms with Crippen molar-refractivity contribution in [3.8, 4) is 0 Å². The van der Waals surface area contributed by atoms with Crippen LogP contribution in [0.3, 0.4) is 0 Å². The second-order valence-electron chi connectivity index (χ2n) is 5.66. The lowest BCUT2D eigenvalue weighted by atomic mass is 9.92. The Hall–Kier alpha value is -0.920. The summed E-state index contributed by atoms with van der Waals surface area (Å²) in [5.74, 6) is -1.55. The fourth-order valence-electron chi connectivity index (χ4n) is 2.68. The first kappa shape index (κ1) is 16.5. The molecule has 1 aromatic rings. The Morgan fingerprint density at radius 2 is 2.00 bits per heavy atom. The number of halogens is 1. The van der Waals surface area contributed by atoms with Crippen LogP contribution in [0.2, 0.25) is 0 Å². The SMILES string of the molecule is Cc1cc(Br)cc(S(=O)(=O)N2CC(C)CC(C(=O)O)C2)c1. The molecule has 116 valence electrons. The monoisotopic (exact) mass is 375 g/mol. The molecule has 0 radical (unpaired) electrons. The van der Waals surface area contributed by atoms with Gasteiger partial charge >= 0.3 is 5.97 Å². The summed E-state index contributed by atoms with van der Waals surface area (Å²) in [4.78, 5) is 11.4. The topological polar surface area (TPSA) is 74.7 Å². The predicted molar refractivity (Wildman–Crippen MR) is 82.5 cm³/mol. The van der Waals surface area contributed by atoms with E-state index in [-0.39, 0.29) is 17.4 Å². The van der Waals surface area contributed by atoms with Gasteiger partial charge in [0.15, 0.2) is 0 Å². The Labute approximate surface area is 133 Å². The highest BCUT2D eigenvalue weighted by molar-refractivity contribution is 9.10. The molecule has 5 nitrogen and oxygen atoms in total. The molecule has 2 unspecified atom stereocenters. The van der Waals surface area contributed by atoms with E-state index in [1.54, 1.807) is 12.1 Å². The lowest BCUT2D eigenvalue weighted by Gasteiger charge is -2.33. The van der Waals surface area contributed by atoms with E-state index >= 15 is 0 Å². The minimum absolute atomic E-state index is 0.0304. The Bertz CT molecular complexity index is 639. The zero-order valence-corrected chi connectivity index (χ0v) is 14.3. The van der Waals surface area contributed by atoms with E-state index in [9.17, 15) is 13.2 Å². The Morgan fingerprint density at radius 1 is 1.33 bits per heavy atom. The third kappa shape index (κ3) is 3.64. The third-order valence-electron chi connectivity index (χ3n) is 3.63. The van der Waals surface area contributed by atoms with Gasteiger partial charge in [-0.3, -0.25) is 4.79 Å². The highest BCUT2D eigenvalue weighted by atomic mass is 79.9. The molecular weight excluding hydrogens is 358 g/mol. The number of nitrogens with zero attached hydrogens (tertiary/aromatic N) is 1. The second-order valence-corrected chi connectivity index (χ2v) is 8.52. The van der Waals surface area contributed by atoms with E-state index in [0.717, 1.165) is 5.56 Å². The van der Waals surface area contributed by atoms with Gasteiger partial charge in [0, 0.05) is 17.6 Å². The molecule has 1 N–H and O–H groups in total. The molecule has 0 aromatic heterocycles. The summed E-state index contributed by atoms with van der Waals surface area (Å²) in [5.41, 5.74) is 0.836. The molecule has 1 aliphatic heterocycles. The van der Waals surface area contributed by atoms with Crippen LogP contribution in [0.25, 0.3) is 0 Å². The molecular formula is C14H18BrNO4S. The molecule has 1 aliphatic rings. The average Bonchev–Trinajstić information content (AvgIpc) is 2.36. The maximum Gasteiger partial charge on any atom is 0.307 e. The van der Waals surface area contributed by atoms with E-state index in [1.165, 1.54) is 4.31 Å². The summed E-state index contributed by atoms with van der Waals surface area (Å²) >= 11 is 3.30. The van der Waals surface area contributed by atoms with Crippen molar-refractivity contribution in [2.24, 2.45) is 11.8 Å². The molecule has 1 saturated heterocycles. The fraction of sp³-hybridized carbons (Fsp3) is 0.500. The van der Waals surface area contributed by atoms with E-state index in [1.807, 2.05) is 19.9 Å². The van der Waals surface area contributed by atoms with Crippen molar-refractivity contribution in [2.75, 3.05) is 13.1 Å². The van der Waals surface area contributed by atoms with Gasteiger partial charge in [-0.1, -0.05) is 22.9 Å². The van der Waals surface area contributed by atoms with Crippen LogP contribution in [0, 0.1) is 18.8 Å². The molecule has 1 aromatic carbocycles. The summed E-state index contributed by atoms with van der Waals surface area (Å²) in [7, 11) is -3.67. The molecule has 0 aliphatic carbocycles. The molecule has 1 heterocycles. The van der Waals surface area contributed by atoms with Gasteiger partial charge in [0.05, 0.1) is 10.8 Å². The third-order valence-corrected chi connectivity index (χ3v) is 5.90.